The number of halogens is 1. The molecule has 0 aromatic heterocycles. The smallest absolute Gasteiger partial charge is 0.251 e. The fraction of sp³-hybridized carbons (Fsp3) is 0.562. The Balaban J connectivity index is 1.98. The molecule has 4 heteroatoms. The number of carbonyl (C=O) groups is 1. The van der Waals surface area contributed by atoms with Crippen LogP contribution >= 0.6 is 15.9 Å². The zero-order valence-corrected chi connectivity index (χ0v) is 13.8. The maximum atomic E-state index is 12.3. The topological polar surface area (TPSA) is 55.1 Å². The van der Waals surface area contributed by atoms with E-state index >= 15 is 0 Å². The van der Waals surface area contributed by atoms with Gasteiger partial charge in [0.15, 0.2) is 0 Å². The minimum atomic E-state index is -0.0197. The fourth-order valence-electron chi connectivity index (χ4n) is 3.01. The van der Waals surface area contributed by atoms with Crippen molar-refractivity contribution in [2.75, 3.05) is 12.3 Å². The van der Waals surface area contributed by atoms with Crippen molar-refractivity contribution in [2.24, 2.45) is 11.8 Å². The first kappa shape index (κ1) is 15.4. The molecule has 0 saturated heterocycles. The van der Waals surface area contributed by atoms with Crippen LogP contribution in [0.5, 0.6) is 0 Å². The number of amides is 1. The molecule has 0 spiro atoms. The van der Waals surface area contributed by atoms with Gasteiger partial charge in [0, 0.05) is 22.3 Å². The van der Waals surface area contributed by atoms with Crippen LogP contribution in [-0.4, -0.2) is 12.5 Å². The molecule has 1 fully saturated rings. The number of nitrogens with one attached hydrogen (secondary N) is 1. The van der Waals surface area contributed by atoms with E-state index in [0.29, 0.717) is 17.2 Å². The number of anilines is 1. The number of rotatable bonds is 3. The summed E-state index contributed by atoms with van der Waals surface area (Å²) in [6, 6.07) is 3.67. The van der Waals surface area contributed by atoms with Crippen molar-refractivity contribution >= 4 is 27.5 Å². The van der Waals surface area contributed by atoms with Crippen molar-refractivity contribution in [3.8, 4) is 0 Å². The lowest BCUT2D eigenvalue weighted by Gasteiger charge is -2.26. The number of nitrogen functional groups attached to an aromatic ring is 1. The largest absolute Gasteiger partial charge is 0.398 e. The summed E-state index contributed by atoms with van der Waals surface area (Å²) in [6.45, 7) is 4.96. The van der Waals surface area contributed by atoms with Crippen molar-refractivity contribution in [3.63, 3.8) is 0 Å². The average molecular weight is 339 g/mol. The monoisotopic (exact) mass is 338 g/mol. The van der Waals surface area contributed by atoms with Gasteiger partial charge in [0.25, 0.3) is 5.91 Å². The van der Waals surface area contributed by atoms with Crippen molar-refractivity contribution in [1.82, 2.24) is 5.32 Å². The van der Waals surface area contributed by atoms with E-state index in [4.69, 9.17) is 5.73 Å². The number of hydrogen-bond donors (Lipinski definition) is 2. The molecule has 1 saturated carbocycles. The van der Waals surface area contributed by atoms with Gasteiger partial charge in [-0.15, -0.1) is 0 Å². The molecule has 3 nitrogen and oxygen atoms in total. The Morgan fingerprint density at radius 2 is 2.20 bits per heavy atom. The average Bonchev–Trinajstić information content (AvgIpc) is 2.40. The maximum Gasteiger partial charge on any atom is 0.251 e. The quantitative estimate of drug-likeness (QED) is 0.821. The Morgan fingerprint density at radius 1 is 1.45 bits per heavy atom. The van der Waals surface area contributed by atoms with E-state index in [1.807, 2.05) is 19.1 Å². The molecule has 0 aliphatic heterocycles. The van der Waals surface area contributed by atoms with Gasteiger partial charge in [-0.3, -0.25) is 4.79 Å². The fourth-order valence-corrected chi connectivity index (χ4v) is 3.49. The summed E-state index contributed by atoms with van der Waals surface area (Å²) in [5, 5.41) is 3.07. The number of carbonyl (C=O) groups excluding carboxylic acids is 1. The van der Waals surface area contributed by atoms with Crippen molar-refractivity contribution < 1.29 is 4.79 Å². The molecule has 2 unspecified atom stereocenters. The van der Waals surface area contributed by atoms with Crippen LogP contribution < -0.4 is 11.1 Å². The van der Waals surface area contributed by atoms with Gasteiger partial charge in [-0.05, 0) is 49.3 Å². The van der Waals surface area contributed by atoms with Crippen LogP contribution in [0.3, 0.4) is 0 Å². The highest BCUT2D eigenvalue weighted by molar-refractivity contribution is 9.10. The molecule has 1 amide bonds. The number of benzene rings is 1. The molecule has 2 atom stereocenters. The van der Waals surface area contributed by atoms with Gasteiger partial charge in [0.1, 0.15) is 0 Å². The highest BCUT2D eigenvalue weighted by Crippen LogP contribution is 2.28. The van der Waals surface area contributed by atoms with E-state index in [-0.39, 0.29) is 5.91 Å². The van der Waals surface area contributed by atoms with Gasteiger partial charge in [-0.2, -0.15) is 0 Å². The van der Waals surface area contributed by atoms with Gasteiger partial charge >= 0.3 is 0 Å². The third kappa shape index (κ3) is 3.75. The van der Waals surface area contributed by atoms with E-state index in [2.05, 4.69) is 28.2 Å². The van der Waals surface area contributed by atoms with Gasteiger partial charge < -0.3 is 11.1 Å². The van der Waals surface area contributed by atoms with E-state index < -0.39 is 0 Å². The molecule has 1 aromatic rings. The second-order valence-electron chi connectivity index (χ2n) is 6.02. The predicted octanol–water partition coefficient (Wildman–Crippen LogP) is 3.90. The van der Waals surface area contributed by atoms with Crippen molar-refractivity contribution in [3.05, 3.63) is 27.7 Å². The Morgan fingerprint density at radius 3 is 2.90 bits per heavy atom. The van der Waals surface area contributed by atoms with E-state index in [0.717, 1.165) is 22.5 Å². The maximum absolute atomic E-state index is 12.3. The first-order chi connectivity index (χ1) is 9.47. The molecule has 1 aliphatic carbocycles. The summed E-state index contributed by atoms with van der Waals surface area (Å²) in [7, 11) is 0. The summed E-state index contributed by atoms with van der Waals surface area (Å²) in [5.41, 5.74) is 8.07. The van der Waals surface area contributed by atoms with Crippen LogP contribution in [-0.2, 0) is 0 Å². The lowest BCUT2D eigenvalue weighted by molar-refractivity contribution is 0.0940. The highest BCUT2D eigenvalue weighted by Gasteiger charge is 2.20. The molecule has 0 heterocycles. The van der Waals surface area contributed by atoms with E-state index in [9.17, 15) is 4.79 Å². The minimum Gasteiger partial charge on any atom is -0.398 e. The van der Waals surface area contributed by atoms with Crippen LogP contribution in [0.15, 0.2) is 16.6 Å². The summed E-state index contributed by atoms with van der Waals surface area (Å²) in [6.07, 6.45) is 5.06. The zero-order valence-electron chi connectivity index (χ0n) is 12.2. The van der Waals surface area contributed by atoms with Gasteiger partial charge in [0.05, 0.1) is 0 Å². The van der Waals surface area contributed by atoms with Gasteiger partial charge in [-0.25, -0.2) is 0 Å². The van der Waals surface area contributed by atoms with Crippen molar-refractivity contribution in [1.29, 1.82) is 0 Å². The SMILES string of the molecule is Cc1c(N)cc(Br)cc1C(=O)NCC1CCCC(C)C1. The molecule has 20 heavy (non-hydrogen) atoms. The van der Waals surface area contributed by atoms with Crippen LogP contribution in [0, 0.1) is 18.8 Å². The lowest BCUT2D eigenvalue weighted by Crippen LogP contribution is -2.32. The normalized spacial score (nSPS) is 22.6. The second kappa shape index (κ2) is 6.61. The number of hydrogen-bond acceptors (Lipinski definition) is 2. The van der Waals surface area contributed by atoms with Crippen LogP contribution in [0.4, 0.5) is 5.69 Å². The minimum absolute atomic E-state index is 0.0197. The first-order valence-corrected chi connectivity index (χ1v) is 8.10. The van der Waals surface area contributed by atoms with Crippen LogP contribution in [0.25, 0.3) is 0 Å². The third-order valence-electron chi connectivity index (χ3n) is 4.25. The molecular formula is C16H23BrN2O. The first-order valence-electron chi connectivity index (χ1n) is 7.31. The number of nitrogens with two attached hydrogens (primary N) is 1. The Labute approximate surface area is 129 Å². The lowest BCUT2D eigenvalue weighted by atomic mass is 9.82. The van der Waals surface area contributed by atoms with E-state index in [1.165, 1.54) is 25.7 Å². The Kier molecular flexibility index (Phi) is 5.08. The molecule has 1 aliphatic rings. The third-order valence-corrected chi connectivity index (χ3v) is 4.71. The second-order valence-corrected chi connectivity index (χ2v) is 6.93. The molecule has 3 N–H and O–H groups in total. The Bertz CT molecular complexity index is 501. The van der Waals surface area contributed by atoms with E-state index in [1.54, 1.807) is 0 Å². The summed E-state index contributed by atoms with van der Waals surface area (Å²) in [5.74, 6) is 1.38. The Hall–Kier alpha value is -1.03. The molecule has 110 valence electrons. The molecule has 0 radical (unpaired) electrons. The zero-order chi connectivity index (χ0) is 14.7. The molecule has 1 aromatic carbocycles. The summed E-state index contributed by atoms with van der Waals surface area (Å²) >= 11 is 3.39. The van der Waals surface area contributed by atoms with Gasteiger partial charge in [-0.1, -0.05) is 35.7 Å². The van der Waals surface area contributed by atoms with Gasteiger partial charge in [0.2, 0.25) is 0 Å². The standard InChI is InChI=1S/C16H23BrN2O/c1-10-4-3-5-12(6-10)9-19-16(20)14-7-13(17)8-15(18)11(14)2/h7-8,10,12H,3-6,9,18H2,1-2H3,(H,19,20). The highest BCUT2D eigenvalue weighted by atomic mass is 79.9. The van der Waals surface area contributed by atoms with Crippen molar-refractivity contribution in [2.45, 2.75) is 39.5 Å². The predicted molar refractivity (Wildman–Crippen MR) is 86.7 cm³/mol. The molecular weight excluding hydrogens is 316 g/mol. The summed E-state index contributed by atoms with van der Waals surface area (Å²) < 4.78 is 0.844. The molecule has 2 rings (SSSR count). The molecule has 0 bridgehead atoms. The summed E-state index contributed by atoms with van der Waals surface area (Å²) in [4.78, 5) is 12.3. The van der Waals surface area contributed by atoms with Crippen LogP contribution in [0.1, 0.15) is 48.5 Å². The van der Waals surface area contributed by atoms with Crippen LogP contribution in [0.2, 0.25) is 0 Å².